The predicted octanol–water partition coefficient (Wildman–Crippen LogP) is 3.63. The molecule has 1 aromatic carbocycles. The number of nitrogens with zero attached hydrogens (tertiary/aromatic N) is 1. The lowest BCUT2D eigenvalue weighted by Crippen LogP contribution is -2.42. The monoisotopic (exact) mass is 382 g/mol. The largest absolute Gasteiger partial charge is 0.478 e. The molecule has 1 unspecified atom stereocenters. The number of hydrogen-bond donors (Lipinski definition) is 2. The van der Waals surface area contributed by atoms with Gasteiger partial charge in [0.05, 0.1) is 21.5 Å². The summed E-state index contributed by atoms with van der Waals surface area (Å²) in [5, 5.41) is 13.6. The summed E-state index contributed by atoms with van der Waals surface area (Å²) in [5.41, 5.74) is 8.30. The molecule has 0 amide bonds. The molecule has 0 aliphatic heterocycles. The number of carboxylic acids is 1. The predicted molar refractivity (Wildman–Crippen MR) is 101 cm³/mol. The molecule has 3 N–H and O–H groups in total. The van der Waals surface area contributed by atoms with E-state index >= 15 is 0 Å². The number of Topliss-reactive ketones (excluding diaryl/α,β-unsaturated/α-hetero) is 1. The SMILES string of the molecule is Cc1nocc1CC1(c2ccccc2)CCc2c(sc(N)c2C(=O)O)C1=O. The Morgan fingerprint density at radius 3 is 2.74 bits per heavy atom. The number of thiophene rings is 1. The number of ketones is 1. The summed E-state index contributed by atoms with van der Waals surface area (Å²) in [7, 11) is 0. The number of carbonyl (C=O) groups is 2. The highest BCUT2D eigenvalue weighted by atomic mass is 32.1. The minimum atomic E-state index is -1.08. The van der Waals surface area contributed by atoms with Crippen molar-refractivity contribution in [1.29, 1.82) is 0 Å². The van der Waals surface area contributed by atoms with Crippen molar-refractivity contribution in [2.24, 2.45) is 0 Å². The van der Waals surface area contributed by atoms with Gasteiger partial charge in [-0.25, -0.2) is 4.79 Å². The van der Waals surface area contributed by atoms with Crippen LogP contribution in [-0.4, -0.2) is 22.0 Å². The molecule has 0 spiro atoms. The average Bonchev–Trinajstić information content (AvgIpc) is 3.21. The summed E-state index contributed by atoms with van der Waals surface area (Å²) in [5.74, 6) is -1.17. The van der Waals surface area contributed by atoms with Crippen LogP contribution in [0.3, 0.4) is 0 Å². The van der Waals surface area contributed by atoms with Gasteiger partial charge in [0, 0.05) is 5.56 Å². The van der Waals surface area contributed by atoms with Gasteiger partial charge in [-0.1, -0.05) is 35.5 Å². The van der Waals surface area contributed by atoms with Crippen LogP contribution in [0, 0.1) is 6.92 Å². The highest BCUT2D eigenvalue weighted by Gasteiger charge is 2.47. The van der Waals surface area contributed by atoms with E-state index in [1.54, 1.807) is 6.26 Å². The molecule has 138 valence electrons. The summed E-state index contributed by atoms with van der Waals surface area (Å²) in [6, 6.07) is 9.62. The van der Waals surface area contributed by atoms with Gasteiger partial charge in [-0.3, -0.25) is 4.79 Å². The third kappa shape index (κ3) is 2.66. The minimum absolute atomic E-state index is 0.0752. The molecule has 1 aliphatic carbocycles. The van der Waals surface area contributed by atoms with Gasteiger partial charge in [0.2, 0.25) is 0 Å². The molecule has 1 atom stereocenters. The zero-order valence-corrected chi connectivity index (χ0v) is 15.5. The number of carbonyl (C=O) groups excluding carboxylic acids is 1. The fourth-order valence-corrected chi connectivity index (χ4v) is 5.07. The number of rotatable bonds is 4. The molecule has 2 aromatic heterocycles. The summed E-state index contributed by atoms with van der Waals surface area (Å²) in [4.78, 5) is 25.7. The van der Waals surface area contributed by atoms with E-state index in [-0.39, 0.29) is 16.3 Å². The third-order valence-electron chi connectivity index (χ3n) is 5.36. The van der Waals surface area contributed by atoms with Crippen LogP contribution in [-0.2, 0) is 18.3 Å². The maximum absolute atomic E-state index is 13.7. The zero-order chi connectivity index (χ0) is 19.2. The molecule has 0 fully saturated rings. The number of fused-ring (bicyclic) bond motifs is 1. The third-order valence-corrected chi connectivity index (χ3v) is 6.42. The van der Waals surface area contributed by atoms with Crippen LogP contribution >= 0.6 is 11.3 Å². The van der Waals surface area contributed by atoms with Crippen LogP contribution < -0.4 is 5.73 Å². The van der Waals surface area contributed by atoms with E-state index in [0.717, 1.165) is 28.2 Å². The van der Waals surface area contributed by atoms with E-state index in [2.05, 4.69) is 5.16 Å². The van der Waals surface area contributed by atoms with Crippen molar-refractivity contribution in [3.63, 3.8) is 0 Å². The smallest absolute Gasteiger partial charge is 0.338 e. The van der Waals surface area contributed by atoms with Gasteiger partial charge < -0.3 is 15.4 Å². The Hall–Kier alpha value is -2.93. The Morgan fingerprint density at radius 2 is 2.11 bits per heavy atom. The second-order valence-electron chi connectivity index (χ2n) is 6.83. The number of aromatic nitrogens is 1. The first-order valence-corrected chi connectivity index (χ1v) is 9.40. The molecule has 27 heavy (non-hydrogen) atoms. The topological polar surface area (TPSA) is 106 Å². The Morgan fingerprint density at radius 1 is 1.37 bits per heavy atom. The standard InChI is InChI=1S/C20H18N2O4S/c1-11-12(10-26-22-11)9-20(13-5-3-2-4-6-13)8-7-14-15(19(24)25)18(21)27-16(14)17(20)23/h2-6,10H,7-9,21H2,1H3,(H,24,25). The number of nitrogen functional groups attached to an aromatic ring is 1. The van der Waals surface area contributed by atoms with Crippen LogP contribution in [0.15, 0.2) is 41.1 Å². The van der Waals surface area contributed by atoms with Gasteiger partial charge in [-0.05, 0) is 37.3 Å². The van der Waals surface area contributed by atoms with Gasteiger partial charge in [0.1, 0.15) is 11.3 Å². The van der Waals surface area contributed by atoms with Crippen LogP contribution in [0.4, 0.5) is 5.00 Å². The second kappa shape index (κ2) is 6.35. The fourth-order valence-electron chi connectivity index (χ4n) is 3.92. The molecular weight excluding hydrogens is 364 g/mol. The number of carboxylic acid groups (broad SMARTS) is 1. The van der Waals surface area contributed by atoms with Crippen molar-refractivity contribution < 1.29 is 19.2 Å². The number of hydrogen-bond acceptors (Lipinski definition) is 6. The van der Waals surface area contributed by atoms with Crippen molar-refractivity contribution in [2.75, 3.05) is 5.73 Å². The van der Waals surface area contributed by atoms with Crippen molar-refractivity contribution in [3.05, 3.63) is 69.4 Å². The molecule has 3 aromatic rings. The molecule has 0 bridgehead atoms. The molecule has 6 nitrogen and oxygen atoms in total. The van der Waals surface area contributed by atoms with Gasteiger partial charge in [0.25, 0.3) is 0 Å². The number of benzene rings is 1. The van der Waals surface area contributed by atoms with E-state index in [9.17, 15) is 14.7 Å². The minimum Gasteiger partial charge on any atom is -0.478 e. The molecule has 0 saturated heterocycles. The van der Waals surface area contributed by atoms with Gasteiger partial charge >= 0.3 is 5.97 Å². The highest BCUT2D eigenvalue weighted by molar-refractivity contribution is 7.18. The molecule has 1 aliphatic rings. The van der Waals surface area contributed by atoms with Crippen LogP contribution in [0.25, 0.3) is 0 Å². The number of aromatic carboxylic acids is 1. The van der Waals surface area contributed by atoms with Gasteiger partial charge in [0.15, 0.2) is 5.78 Å². The van der Waals surface area contributed by atoms with E-state index in [4.69, 9.17) is 10.3 Å². The fraction of sp³-hybridized carbons (Fsp3) is 0.250. The number of anilines is 1. The van der Waals surface area contributed by atoms with Crippen LogP contribution in [0.1, 0.15) is 48.8 Å². The quantitative estimate of drug-likeness (QED) is 0.713. The van der Waals surface area contributed by atoms with E-state index < -0.39 is 11.4 Å². The van der Waals surface area contributed by atoms with E-state index in [1.165, 1.54) is 0 Å². The molecule has 4 rings (SSSR count). The van der Waals surface area contributed by atoms with Crippen molar-refractivity contribution in [2.45, 2.75) is 31.6 Å². The molecule has 0 radical (unpaired) electrons. The lowest BCUT2D eigenvalue weighted by Gasteiger charge is -2.36. The number of nitrogens with two attached hydrogens (primary N) is 1. The zero-order valence-electron chi connectivity index (χ0n) is 14.7. The summed E-state index contributed by atoms with van der Waals surface area (Å²) in [6.45, 7) is 1.85. The maximum atomic E-state index is 13.7. The lowest BCUT2D eigenvalue weighted by atomic mass is 9.65. The molecule has 7 heteroatoms. The first-order valence-electron chi connectivity index (χ1n) is 8.58. The van der Waals surface area contributed by atoms with Crippen molar-refractivity contribution >= 4 is 28.1 Å². The first-order chi connectivity index (χ1) is 12.9. The first kappa shape index (κ1) is 17.5. The van der Waals surface area contributed by atoms with E-state index in [0.29, 0.717) is 29.7 Å². The Bertz CT molecular complexity index is 1040. The highest BCUT2D eigenvalue weighted by Crippen LogP contribution is 2.46. The number of aryl methyl sites for hydroxylation is 1. The summed E-state index contributed by atoms with van der Waals surface area (Å²) in [6.07, 6.45) is 3.01. The Balaban J connectivity index is 1.88. The lowest BCUT2D eigenvalue weighted by molar-refractivity contribution is 0.0697. The van der Waals surface area contributed by atoms with Gasteiger partial charge in [-0.2, -0.15) is 0 Å². The van der Waals surface area contributed by atoms with Crippen LogP contribution in [0.5, 0.6) is 0 Å². The Labute approximate surface area is 159 Å². The summed E-state index contributed by atoms with van der Waals surface area (Å²) >= 11 is 1.08. The molecule has 0 saturated carbocycles. The Kier molecular flexibility index (Phi) is 4.11. The van der Waals surface area contributed by atoms with Crippen molar-refractivity contribution in [3.8, 4) is 0 Å². The van der Waals surface area contributed by atoms with Gasteiger partial charge in [-0.15, -0.1) is 11.3 Å². The molecular formula is C20H18N2O4S. The van der Waals surface area contributed by atoms with E-state index in [1.807, 2.05) is 37.3 Å². The summed E-state index contributed by atoms with van der Waals surface area (Å²) < 4.78 is 5.07. The molecule has 2 heterocycles. The van der Waals surface area contributed by atoms with Crippen molar-refractivity contribution in [1.82, 2.24) is 5.16 Å². The van der Waals surface area contributed by atoms with Crippen LogP contribution in [0.2, 0.25) is 0 Å². The maximum Gasteiger partial charge on any atom is 0.338 e. The normalized spacial score (nSPS) is 19.1. The average molecular weight is 382 g/mol. The second-order valence-corrected chi connectivity index (χ2v) is 7.89.